The van der Waals surface area contributed by atoms with Crippen molar-refractivity contribution in [1.82, 2.24) is 5.32 Å². The second kappa shape index (κ2) is 9.08. The number of rotatable bonds is 9. The molecule has 1 rings (SSSR count). The van der Waals surface area contributed by atoms with Crippen LogP contribution >= 0.6 is 0 Å². The fourth-order valence-corrected chi connectivity index (χ4v) is 2.11. The van der Waals surface area contributed by atoms with E-state index in [4.69, 9.17) is 5.11 Å². The van der Waals surface area contributed by atoms with Crippen LogP contribution in [0.2, 0.25) is 0 Å². The quantitative estimate of drug-likeness (QED) is 0.732. The van der Waals surface area contributed by atoms with Gasteiger partial charge in [0.2, 0.25) is 5.91 Å². The smallest absolute Gasteiger partial charge is 0.326 e. The summed E-state index contributed by atoms with van der Waals surface area (Å²) in [4.78, 5) is 34.7. The summed E-state index contributed by atoms with van der Waals surface area (Å²) >= 11 is 0. The Morgan fingerprint density at radius 2 is 1.70 bits per heavy atom. The molecule has 1 amide bonds. The molecule has 0 saturated heterocycles. The van der Waals surface area contributed by atoms with Gasteiger partial charge in [-0.1, -0.05) is 43.7 Å². The average molecular weight is 319 g/mol. The molecule has 5 nitrogen and oxygen atoms in total. The lowest BCUT2D eigenvalue weighted by Gasteiger charge is -2.15. The third-order valence-electron chi connectivity index (χ3n) is 3.72. The summed E-state index contributed by atoms with van der Waals surface area (Å²) < 4.78 is 0. The number of hydrogen-bond donors (Lipinski definition) is 2. The largest absolute Gasteiger partial charge is 0.480 e. The Balaban J connectivity index is 2.46. The van der Waals surface area contributed by atoms with Crippen molar-refractivity contribution in [3.8, 4) is 0 Å². The Labute approximate surface area is 137 Å². The number of aliphatic carboxylic acids is 1. The van der Waals surface area contributed by atoms with E-state index in [1.807, 2.05) is 31.2 Å². The first-order chi connectivity index (χ1) is 10.8. The molecular formula is C18H25NO4. The number of carboxylic acid groups (broad SMARTS) is 1. The molecule has 0 saturated carbocycles. The fourth-order valence-electron chi connectivity index (χ4n) is 2.11. The number of hydrogen-bond acceptors (Lipinski definition) is 3. The standard InChI is InChI=1S/C18H25NO4/c1-12(2)16(20)10-9-15(18(22)23)19-17(21)11-8-14-6-4-13(3)5-7-14/h4-7,12,15H,8-11H2,1-3H3,(H,19,21)(H,22,23)/t15-/m1/s1. The lowest BCUT2D eigenvalue weighted by atomic mass is 10.0. The van der Waals surface area contributed by atoms with Crippen molar-refractivity contribution < 1.29 is 19.5 Å². The molecule has 2 N–H and O–H groups in total. The third-order valence-corrected chi connectivity index (χ3v) is 3.72. The maximum atomic E-state index is 11.9. The molecule has 0 bridgehead atoms. The third kappa shape index (κ3) is 7.08. The molecular weight excluding hydrogens is 294 g/mol. The molecule has 1 aromatic rings. The molecule has 0 aliphatic rings. The number of carbonyl (C=O) groups is 3. The molecule has 0 aromatic heterocycles. The summed E-state index contributed by atoms with van der Waals surface area (Å²) in [5.41, 5.74) is 2.19. The lowest BCUT2D eigenvalue weighted by molar-refractivity contribution is -0.142. The van der Waals surface area contributed by atoms with Crippen LogP contribution in [0.5, 0.6) is 0 Å². The van der Waals surface area contributed by atoms with Gasteiger partial charge < -0.3 is 10.4 Å². The van der Waals surface area contributed by atoms with Gasteiger partial charge in [0.15, 0.2) is 0 Å². The molecule has 0 aliphatic carbocycles. The zero-order valence-corrected chi connectivity index (χ0v) is 14.0. The van der Waals surface area contributed by atoms with Gasteiger partial charge in [0.1, 0.15) is 11.8 Å². The lowest BCUT2D eigenvalue weighted by Crippen LogP contribution is -2.41. The molecule has 0 aliphatic heterocycles. The van der Waals surface area contributed by atoms with E-state index in [9.17, 15) is 14.4 Å². The van der Waals surface area contributed by atoms with Crippen LogP contribution in [0.1, 0.15) is 44.2 Å². The molecule has 0 fully saturated rings. The van der Waals surface area contributed by atoms with Crippen LogP contribution < -0.4 is 5.32 Å². The molecule has 1 atom stereocenters. The summed E-state index contributed by atoms with van der Waals surface area (Å²) in [6, 6.07) is 6.86. The number of carbonyl (C=O) groups excluding carboxylic acids is 2. The first kappa shape index (κ1) is 18.9. The number of nitrogens with one attached hydrogen (secondary N) is 1. The molecule has 126 valence electrons. The van der Waals surface area contributed by atoms with Crippen LogP contribution in [0.25, 0.3) is 0 Å². The summed E-state index contributed by atoms with van der Waals surface area (Å²) in [7, 11) is 0. The minimum atomic E-state index is -1.11. The highest BCUT2D eigenvalue weighted by Crippen LogP contribution is 2.08. The summed E-state index contributed by atoms with van der Waals surface area (Å²) in [5.74, 6) is -1.54. The van der Waals surface area contributed by atoms with E-state index in [0.29, 0.717) is 6.42 Å². The van der Waals surface area contributed by atoms with Gasteiger partial charge in [0, 0.05) is 18.8 Å². The van der Waals surface area contributed by atoms with E-state index in [0.717, 1.165) is 11.1 Å². The van der Waals surface area contributed by atoms with E-state index in [-0.39, 0.29) is 36.9 Å². The van der Waals surface area contributed by atoms with Crippen molar-refractivity contribution in [2.45, 2.75) is 52.5 Å². The Hall–Kier alpha value is -2.17. The summed E-state index contributed by atoms with van der Waals surface area (Å²) in [6.45, 7) is 5.54. The number of benzene rings is 1. The van der Waals surface area contributed by atoms with E-state index in [1.165, 1.54) is 0 Å². The Bertz CT molecular complexity index is 549. The topological polar surface area (TPSA) is 83.5 Å². The van der Waals surface area contributed by atoms with Crippen LogP contribution in [0, 0.1) is 12.8 Å². The minimum absolute atomic E-state index is 0.00477. The van der Waals surface area contributed by atoms with Gasteiger partial charge in [-0.2, -0.15) is 0 Å². The highest BCUT2D eigenvalue weighted by Gasteiger charge is 2.21. The maximum absolute atomic E-state index is 11.9. The van der Waals surface area contributed by atoms with E-state index < -0.39 is 12.0 Å². The van der Waals surface area contributed by atoms with Gasteiger partial charge in [-0.05, 0) is 25.3 Å². The van der Waals surface area contributed by atoms with Crippen LogP contribution in [0.15, 0.2) is 24.3 Å². The first-order valence-corrected chi connectivity index (χ1v) is 7.90. The second-order valence-electron chi connectivity index (χ2n) is 6.10. The van der Waals surface area contributed by atoms with Crippen molar-refractivity contribution in [3.05, 3.63) is 35.4 Å². The predicted octanol–water partition coefficient (Wildman–Crippen LogP) is 2.50. The number of aryl methyl sites for hydroxylation is 2. The fraction of sp³-hybridized carbons (Fsp3) is 0.500. The van der Waals surface area contributed by atoms with E-state index >= 15 is 0 Å². The Morgan fingerprint density at radius 1 is 1.09 bits per heavy atom. The van der Waals surface area contributed by atoms with Crippen molar-refractivity contribution in [2.24, 2.45) is 5.92 Å². The van der Waals surface area contributed by atoms with Crippen molar-refractivity contribution >= 4 is 17.7 Å². The second-order valence-corrected chi connectivity index (χ2v) is 6.10. The predicted molar refractivity (Wildman–Crippen MR) is 88.1 cm³/mol. The zero-order valence-electron chi connectivity index (χ0n) is 14.0. The van der Waals surface area contributed by atoms with E-state index in [1.54, 1.807) is 13.8 Å². The maximum Gasteiger partial charge on any atom is 0.326 e. The molecule has 5 heteroatoms. The van der Waals surface area contributed by atoms with Crippen LogP contribution in [-0.4, -0.2) is 28.8 Å². The highest BCUT2D eigenvalue weighted by molar-refractivity contribution is 5.85. The molecule has 23 heavy (non-hydrogen) atoms. The molecule has 1 aromatic carbocycles. The SMILES string of the molecule is Cc1ccc(CCC(=O)N[C@H](CCC(=O)C(C)C)C(=O)O)cc1. The normalized spacial score (nSPS) is 12.0. The van der Waals surface area contributed by atoms with Crippen LogP contribution in [0.4, 0.5) is 0 Å². The number of carboxylic acids is 1. The Kier molecular flexibility index (Phi) is 7.45. The first-order valence-electron chi connectivity index (χ1n) is 7.90. The molecule has 0 radical (unpaired) electrons. The molecule has 0 unspecified atom stereocenters. The van der Waals surface area contributed by atoms with Crippen LogP contribution in [-0.2, 0) is 20.8 Å². The Morgan fingerprint density at radius 3 is 2.22 bits per heavy atom. The summed E-state index contributed by atoms with van der Waals surface area (Å²) in [6.07, 6.45) is 1.07. The molecule has 0 spiro atoms. The number of Topliss-reactive ketones (excluding diaryl/α,β-unsaturated/α-hetero) is 1. The average Bonchev–Trinajstić information content (AvgIpc) is 2.50. The summed E-state index contributed by atoms with van der Waals surface area (Å²) in [5, 5.41) is 11.7. The number of amides is 1. The zero-order chi connectivity index (χ0) is 17.4. The monoisotopic (exact) mass is 319 g/mol. The van der Waals surface area contributed by atoms with Gasteiger partial charge in [0.25, 0.3) is 0 Å². The van der Waals surface area contributed by atoms with Gasteiger partial charge >= 0.3 is 5.97 Å². The number of ketones is 1. The van der Waals surface area contributed by atoms with Crippen LogP contribution in [0.3, 0.4) is 0 Å². The van der Waals surface area contributed by atoms with Gasteiger partial charge in [-0.15, -0.1) is 0 Å². The van der Waals surface area contributed by atoms with Crippen molar-refractivity contribution in [2.75, 3.05) is 0 Å². The van der Waals surface area contributed by atoms with Gasteiger partial charge in [0.05, 0.1) is 0 Å². The molecule has 0 heterocycles. The van der Waals surface area contributed by atoms with Gasteiger partial charge in [-0.25, -0.2) is 4.79 Å². The van der Waals surface area contributed by atoms with Crippen molar-refractivity contribution in [1.29, 1.82) is 0 Å². The highest BCUT2D eigenvalue weighted by atomic mass is 16.4. The van der Waals surface area contributed by atoms with Gasteiger partial charge in [-0.3, -0.25) is 9.59 Å². The van der Waals surface area contributed by atoms with Crippen molar-refractivity contribution in [3.63, 3.8) is 0 Å². The minimum Gasteiger partial charge on any atom is -0.480 e. The van der Waals surface area contributed by atoms with E-state index in [2.05, 4.69) is 5.32 Å².